The van der Waals surface area contributed by atoms with Gasteiger partial charge in [-0.25, -0.2) is 4.79 Å². The number of nitrogen functional groups attached to an aromatic ring is 1. The minimum atomic E-state index is -0.947. The van der Waals surface area contributed by atoms with Gasteiger partial charge in [0.25, 0.3) is 0 Å². The zero-order chi connectivity index (χ0) is 13.1. The molecule has 1 atom stereocenters. The van der Waals surface area contributed by atoms with Crippen molar-refractivity contribution in [1.29, 1.82) is 0 Å². The molecule has 4 nitrogen and oxygen atoms in total. The van der Waals surface area contributed by atoms with Gasteiger partial charge >= 0.3 is 5.97 Å². The van der Waals surface area contributed by atoms with E-state index in [4.69, 9.17) is 5.73 Å². The number of rotatable bonds is 4. The molecule has 18 heavy (non-hydrogen) atoms. The third kappa shape index (κ3) is 2.79. The molecule has 1 aromatic carbocycles. The van der Waals surface area contributed by atoms with E-state index in [0.29, 0.717) is 18.3 Å². The molecule has 0 amide bonds. The average Bonchev–Trinajstić information content (AvgIpc) is 2.81. The number of hydrogen-bond donors (Lipinski definition) is 2. The number of nitrogens with two attached hydrogens (primary N) is 1. The fraction of sp³-hybridized carbons (Fsp3) is 0.462. The summed E-state index contributed by atoms with van der Waals surface area (Å²) >= 11 is 1.95. The van der Waals surface area contributed by atoms with Gasteiger partial charge in [0.15, 0.2) is 0 Å². The van der Waals surface area contributed by atoms with E-state index in [-0.39, 0.29) is 5.56 Å². The Balaban J connectivity index is 2.17. The quantitative estimate of drug-likeness (QED) is 0.815. The van der Waals surface area contributed by atoms with Gasteiger partial charge in [0.1, 0.15) is 0 Å². The Kier molecular flexibility index (Phi) is 4.14. The van der Waals surface area contributed by atoms with Crippen LogP contribution in [0.2, 0.25) is 0 Å². The summed E-state index contributed by atoms with van der Waals surface area (Å²) in [6, 6.07) is 5.84. The van der Waals surface area contributed by atoms with E-state index in [0.717, 1.165) is 11.3 Å². The Morgan fingerprint density at radius 2 is 2.39 bits per heavy atom. The van der Waals surface area contributed by atoms with Crippen molar-refractivity contribution in [2.45, 2.75) is 19.0 Å². The maximum atomic E-state index is 11.2. The molecular weight excluding hydrogens is 248 g/mol. The Hall–Kier alpha value is -1.20. The number of carbonyl (C=O) groups is 1. The van der Waals surface area contributed by atoms with Crippen molar-refractivity contribution in [3.8, 4) is 0 Å². The molecular formula is C13H18N2O2S. The predicted molar refractivity (Wildman–Crippen MR) is 75.0 cm³/mol. The second-order valence-electron chi connectivity index (χ2n) is 4.62. The normalized spacial score (nSPS) is 19.3. The summed E-state index contributed by atoms with van der Waals surface area (Å²) in [4.78, 5) is 13.5. The molecule has 2 rings (SSSR count). The van der Waals surface area contributed by atoms with Crippen LogP contribution in [-0.2, 0) is 6.54 Å². The van der Waals surface area contributed by atoms with E-state index >= 15 is 0 Å². The summed E-state index contributed by atoms with van der Waals surface area (Å²) < 4.78 is 0. The number of anilines is 1. The van der Waals surface area contributed by atoms with Gasteiger partial charge in [-0.05, 0) is 30.9 Å². The highest BCUT2D eigenvalue weighted by Gasteiger charge is 2.22. The van der Waals surface area contributed by atoms with Gasteiger partial charge in [-0.3, -0.25) is 4.90 Å². The van der Waals surface area contributed by atoms with E-state index in [1.807, 2.05) is 30.9 Å². The van der Waals surface area contributed by atoms with Crippen molar-refractivity contribution < 1.29 is 9.90 Å². The number of hydrogen-bond acceptors (Lipinski definition) is 4. The van der Waals surface area contributed by atoms with Crippen LogP contribution in [0.1, 0.15) is 22.3 Å². The summed E-state index contributed by atoms with van der Waals surface area (Å²) in [6.07, 6.45) is 1.17. The first-order valence-corrected chi connectivity index (χ1v) is 7.13. The molecule has 1 heterocycles. The van der Waals surface area contributed by atoms with Gasteiger partial charge in [0, 0.05) is 24.0 Å². The van der Waals surface area contributed by atoms with Crippen molar-refractivity contribution in [2.75, 3.05) is 24.3 Å². The first kappa shape index (κ1) is 13.2. The number of benzene rings is 1. The van der Waals surface area contributed by atoms with Crippen LogP contribution >= 0.6 is 11.8 Å². The van der Waals surface area contributed by atoms with Crippen LogP contribution in [0.15, 0.2) is 18.2 Å². The van der Waals surface area contributed by atoms with Crippen LogP contribution in [0.3, 0.4) is 0 Å². The summed E-state index contributed by atoms with van der Waals surface area (Å²) in [5, 5.41) is 9.22. The minimum Gasteiger partial charge on any atom is -0.478 e. The standard InChI is InChI=1S/C13H18N2O2S/c1-15(10-5-6-18-8-10)7-9-3-2-4-11(14)12(9)13(16)17/h2-4,10H,5-8,14H2,1H3,(H,16,17). The number of carboxylic acids is 1. The van der Waals surface area contributed by atoms with Crippen LogP contribution in [0.4, 0.5) is 5.69 Å². The number of thioether (sulfide) groups is 1. The molecule has 0 spiro atoms. The molecule has 0 radical (unpaired) electrons. The molecule has 0 aromatic heterocycles. The topological polar surface area (TPSA) is 66.6 Å². The second kappa shape index (κ2) is 5.63. The summed E-state index contributed by atoms with van der Waals surface area (Å²) in [5.74, 6) is 1.37. The smallest absolute Gasteiger partial charge is 0.338 e. The molecule has 1 aromatic rings. The van der Waals surface area contributed by atoms with Gasteiger partial charge in [-0.15, -0.1) is 0 Å². The SMILES string of the molecule is CN(Cc1cccc(N)c1C(=O)O)C1CCSC1. The maximum Gasteiger partial charge on any atom is 0.338 e. The molecule has 0 aliphatic carbocycles. The highest BCUT2D eigenvalue weighted by molar-refractivity contribution is 7.99. The first-order valence-electron chi connectivity index (χ1n) is 5.98. The van der Waals surface area contributed by atoms with Gasteiger partial charge < -0.3 is 10.8 Å². The molecule has 3 N–H and O–H groups in total. The van der Waals surface area contributed by atoms with E-state index in [9.17, 15) is 9.90 Å². The number of nitrogens with zero attached hydrogens (tertiary/aromatic N) is 1. The summed E-state index contributed by atoms with van der Waals surface area (Å²) in [7, 11) is 2.05. The van der Waals surface area contributed by atoms with Crippen LogP contribution in [-0.4, -0.2) is 40.6 Å². The third-order valence-electron chi connectivity index (χ3n) is 3.35. The zero-order valence-electron chi connectivity index (χ0n) is 10.4. The highest BCUT2D eigenvalue weighted by Crippen LogP contribution is 2.24. The second-order valence-corrected chi connectivity index (χ2v) is 5.77. The van der Waals surface area contributed by atoms with Crippen LogP contribution in [0.25, 0.3) is 0 Å². The lowest BCUT2D eigenvalue weighted by Crippen LogP contribution is -2.31. The van der Waals surface area contributed by atoms with Crippen LogP contribution in [0.5, 0.6) is 0 Å². The van der Waals surface area contributed by atoms with E-state index in [1.54, 1.807) is 6.07 Å². The maximum absolute atomic E-state index is 11.2. The summed E-state index contributed by atoms with van der Waals surface area (Å²) in [6.45, 7) is 0.637. The van der Waals surface area contributed by atoms with Crippen molar-refractivity contribution >= 4 is 23.4 Å². The molecule has 98 valence electrons. The molecule has 1 aliphatic heterocycles. The van der Waals surface area contributed by atoms with Gasteiger partial charge in [-0.2, -0.15) is 11.8 Å². The predicted octanol–water partition coefficient (Wildman–Crippen LogP) is 1.90. The van der Waals surface area contributed by atoms with Crippen molar-refractivity contribution in [3.63, 3.8) is 0 Å². The Bertz CT molecular complexity index is 445. The van der Waals surface area contributed by atoms with E-state index < -0.39 is 5.97 Å². The van der Waals surface area contributed by atoms with Crippen LogP contribution in [0, 0.1) is 0 Å². The number of carboxylic acid groups (broad SMARTS) is 1. The average molecular weight is 266 g/mol. The van der Waals surface area contributed by atoms with Crippen molar-refractivity contribution in [1.82, 2.24) is 4.90 Å². The zero-order valence-corrected chi connectivity index (χ0v) is 11.2. The Labute approximate surface area is 111 Å². The van der Waals surface area contributed by atoms with Gasteiger partial charge in [-0.1, -0.05) is 12.1 Å². The van der Waals surface area contributed by atoms with Gasteiger partial charge in [0.05, 0.1) is 5.56 Å². The molecule has 0 saturated carbocycles. The monoisotopic (exact) mass is 266 g/mol. The first-order chi connectivity index (χ1) is 8.59. The Morgan fingerprint density at radius 1 is 1.61 bits per heavy atom. The molecule has 1 saturated heterocycles. The number of aromatic carboxylic acids is 1. The third-order valence-corrected chi connectivity index (χ3v) is 4.49. The van der Waals surface area contributed by atoms with E-state index in [2.05, 4.69) is 4.90 Å². The minimum absolute atomic E-state index is 0.245. The molecule has 0 bridgehead atoms. The Morgan fingerprint density at radius 3 is 3.00 bits per heavy atom. The lowest BCUT2D eigenvalue weighted by molar-refractivity contribution is 0.0695. The van der Waals surface area contributed by atoms with Crippen molar-refractivity contribution in [3.05, 3.63) is 29.3 Å². The van der Waals surface area contributed by atoms with Gasteiger partial charge in [0.2, 0.25) is 0 Å². The lowest BCUT2D eigenvalue weighted by atomic mass is 10.0. The lowest BCUT2D eigenvalue weighted by Gasteiger charge is -2.24. The molecule has 5 heteroatoms. The fourth-order valence-electron chi connectivity index (χ4n) is 2.28. The van der Waals surface area contributed by atoms with E-state index in [1.165, 1.54) is 12.2 Å². The molecule has 1 fully saturated rings. The highest BCUT2D eigenvalue weighted by atomic mass is 32.2. The largest absolute Gasteiger partial charge is 0.478 e. The van der Waals surface area contributed by atoms with Crippen molar-refractivity contribution in [2.24, 2.45) is 0 Å². The molecule has 1 unspecified atom stereocenters. The van der Waals surface area contributed by atoms with Crippen LogP contribution < -0.4 is 5.73 Å². The molecule has 1 aliphatic rings. The summed E-state index contributed by atoms with van der Waals surface area (Å²) in [5.41, 5.74) is 7.13. The fourth-order valence-corrected chi connectivity index (χ4v) is 3.58.